The van der Waals surface area contributed by atoms with Gasteiger partial charge in [-0.15, -0.1) is 10.2 Å². The minimum Gasteiger partial charge on any atom is -0.423 e. The molecule has 1 unspecified atom stereocenters. The summed E-state index contributed by atoms with van der Waals surface area (Å²) >= 11 is 0. The van der Waals surface area contributed by atoms with E-state index >= 15 is 0 Å². The Labute approximate surface area is 113 Å². The van der Waals surface area contributed by atoms with E-state index in [0.29, 0.717) is 17.3 Å². The van der Waals surface area contributed by atoms with Crippen molar-refractivity contribution in [2.45, 2.75) is 39.2 Å². The van der Waals surface area contributed by atoms with Gasteiger partial charge in [-0.2, -0.15) is 0 Å². The molecule has 1 saturated carbocycles. The Bertz CT molecular complexity index is 531. The zero-order valence-corrected chi connectivity index (χ0v) is 11.4. The van der Waals surface area contributed by atoms with Gasteiger partial charge in [-0.1, -0.05) is 13.8 Å². The van der Waals surface area contributed by atoms with Gasteiger partial charge in [-0.3, -0.25) is 0 Å². The molecule has 1 aromatic heterocycles. The maximum atomic E-state index is 5.18. The summed E-state index contributed by atoms with van der Waals surface area (Å²) in [6, 6.07) is 8.76. The van der Waals surface area contributed by atoms with E-state index in [4.69, 9.17) is 4.42 Å². The number of benzene rings is 1. The zero-order chi connectivity index (χ0) is 13.3. The van der Waals surface area contributed by atoms with Gasteiger partial charge in [0.2, 0.25) is 12.3 Å². The molecule has 0 aliphatic heterocycles. The summed E-state index contributed by atoms with van der Waals surface area (Å²) in [5, 5.41) is 11.2. The minimum absolute atomic E-state index is 0.474. The van der Waals surface area contributed by atoms with Crippen LogP contribution in [0.25, 0.3) is 11.5 Å². The fourth-order valence-corrected chi connectivity index (χ4v) is 2.80. The van der Waals surface area contributed by atoms with E-state index in [0.717, 1.165) is 11.3 Å². The van der Waals surface area contributed by atoms with Crippen molar-refractivity contribution in [2.75, 3.05) is 5.32 Å². The molecule has 1 N–H and O–H groups in total. The van der Waals surface area contributed by atoms with Gasteiger partial charge >= 0.3 is 0 Å². The number of rotatable bonds is 3. The third-order valence-electron chi connectivity index (χ3n) is 3.83. The van der Waals surface area contributed by atoms with Gasteiger partial charge in [0.15, 0.2) is 0 Å². The molecule has 1 atom stereocenters. The molecule has 1 fully saturated rings. The van der Waals surface area contributed by atoms with Crippen LogP contribution in [0.3, 0.4) is 0 Å². The monoisotopic (exact) mass is 257 g/mol. The maximum absolute atomic E-state index is 5.18. The predicted octanol–water partition coefficient (Wildman–Crippen LogP) is 3.73. The fraction of sp³-hybridized carbons (Fsp3) is 0.467. The lowest BCUT2D eigenvalue weighted by Gasteiger charge is -2.18. The van der Waals surface area contributed by atoms with Crippen LogP contribution in [0.1, 0.15) is 33.1 Å². The van der Waals surface area contributed by atoms with E-state index in [1.165, 1.54) is 25.7 Å². The van der Waals surface area contributed by atoms with Crippen molar-refractivity contribution in [1.82, 2.24) is 10.2 Å². The zero-order valence-electron chi connectivity index (χ0n) is 11.4. The van der Waals surface area contributed by atoms with Crippen LogP contribution in [0.4, 0.5) is 5.69 Å². The Kier molecular flexibility index (Phi) is 3.01. The lowest BCUT2D eigenvalue weighted by Crippen LogP contribution is -2.17. The molecule has 0 spiro atoms. The average molecular weight is 257 g/mol. The number of hydrogen-bond donors (Lipinski definition) is 1. The van der Waals surface area contributed by atoms with Crippen LogP contribution in [0, 0.1) is 5.41 Å². The van der Waals surface area contributed by atoms with E-state index in [9.17, 15) is 0 Å². The Morgan fingerprint density at radius 2 is 2.05 bits per heavy atom. The summed E-state index contributed by atoms with van der Waals surface area (Å²) < 4.78 is 5.18. The lowest BCUT2D eigenvalue weighted by atomic mass is 9.92. The molecule has 1 aliphatic carbocycles. The van der Waals surface area contributed by atoms with Crippen molar-refractivity contribution in [1.29, 1.82) is 0 Å². The van der Waals surface area contributed by atoms with Gasteiger partial charge < -0.3 is 9.73 Å². The lowest BCUT2D eigenvalue weighted by molar-refractivity contribution is 0.378. The molecule has 1 aliphatic rings. The second-order valence-electron chi connectivity index (χ2n) is 6.07. The van der Waals surface area contributed by atoms with Crippen LogP contribution >= 0.6 is 0 Å². The van der Waals surface area contributed by atoms with Crippen molar-refractivity contribution in [3.05, 3.63) is 30.7 Å². The summed E-state index contributed by atoms with van der Waals surface area (Å²) in [5.74, 6) is 0.563. The molecule has 0 saturated heterocycles. The highest BCUT2D eigenvalue weighted by molar-refractivity contribution is 5.58. The molecule has 3 rings (SSSR count). The first kappa shape index (κ1) is 12.2. The van der Waals surface area contributed by atoms with E-state index in [1.807, 2.05) is 12.1 Å². The molecular formula is C15H19N3O. The summed E-state index contributed by atoms with van der Waals surface area (Å²) in [4.78, 5) is 0. The first-order valence-electron chi connectivity index (χ1n) is 6.76. The van der Waals surface area contributed by atoms with E-state index in [1.54, 1.807) is 0 Å². The van der Waals surface area contributed by atoms with Crippen LogP contribution < -0.4 is 5.32 Å². The Hall–Kier alpha value is -1.84. The van der Waals surface area contributed by atoms with Crippen LogP contribution in [0.5, 0.6) is 0 Å². The first-order chi connectivity index (χ1) is 9.12. The number of hydrogen-bond acceptors (Lipinski definition) is 4. The van der Waals surface area contributed by atoms with Crippen molar-refractivity contribution in [2.24, 2.45) is 5.41 Å². The van der Waals surface area contributed by atoms with Gasteiger partial charge in [0.1, 0.15) is 0 Å². The average Bonchev–Trinajstić information content (AvgIpc) is 3.00. The highest BCUT2D eigenvalue weighted by Crippen LogP contribution is 2.38. The van der Waals surface area contributed by atoms with Crippen LogP contribution in [-0.2, 0) is 0 Å². The van der Waals surface area contributed by atoms with E-state index < -0.39 is 0 Å². The van der Waals surface area contributed by atoms with E-state index in [-0.39, 0.29) is 0 Å². The van der Waals surface area contributed by atoms with Crippen LogP contribution in [0.2, 0.25) is 0 Å². The Balaban J connectivity index is 1.67. The fourth-order valence-electron chi connectivity index (χ4n) is 2.80. The molecule has 0 radical (unpaired) electrons. The Morgan fingerprint density at radius 1 is 1.26 bits per heavy atom. The van der Waals surface area contributed by atoms with Gasteiger partial charge in [-0.25, -0.2) is 0 Å². The summed E-state index contributed by atoms with van der Waals surface area (Å²) in [6.45, 7) is 4.68. The summed E-state index contributed by atoms with van der Waals surface area (Å²) in [7, 11) is 0. The maximum Gasteiger partial charge on any atom is 0.247 e. The number of aromatic nitrogens is 2. The summed E-state index contributed by atoms with van der Waals surface area (Å²) in [6.07, 6.45) is 5.13. The van der Waals surface area contributed by atoms with Crippen LogP contribution in [0.15, 0.2) is 35.1 Å². The van der Waals surface area contributed by atoms with Crippen molar-refractivity contribution >= 4 is 5.69 Å². The molecule has 1 heterocycles. The third-order valence-corrected chi connectivity index (χ3v) is 3.83. The van der Waals surface area contributed by atoms with Gasteiger partial charge in [0, 0.05) is 17.3 Å². The molecule has 0 amide bonds. The highest BCUT2D eigenvalue weighted by Gasteiger charge is 2.30. The molecule has 2 aromatic rings. The molecule has 100 valence electrons. The smallest absolute Gasteiger partial charge is 0.247 e. The Morgan fingerprint density at radius 3 is 2.63 bits per heavy atom. The van der Waals surface area contributed by atoms with Gasteiger partial charge in [-0.05, 0) is 48.9 Å². The quantitative estimate of drug-likeness (QED) is 0.910. The largest absolute Gasteiger partial charge is 0.423 e. The SMILES string of the molecule is CC1(C)CCC(Nc2ccc(-c3nnco3)cc2)C1. The molecule has 4 nitrogen and oxygen atoms in total. The first-order valence-corrected chi connectivity index (χ1v) is 6.76. The second-order valence-corrected chi connectivity index (χ2v) is 6.07. The van der Waals surface area contributed by atoms with Crippen LogP contribution in [-0.4, -0.2) is 16.2 Å². The second kappa shape index (κ2) is 4.68. The predicted molar refractivity (Wildman–Crippen MR) is 74.8 cm³/mol. The molecule has 0 bridgehead atoms. The minimum atomic E-state index is 0.474. The van der Waals surface area contributed by atoms with Crippen molar-refractivity contribution < 1.29 is 4.42 Å². The molecular weight excluding hydrogens is 238 g/mol. The third kappa shape index (κ3) is 2.78. The normalized spacial score (nSPS) is 21.5. The molecule has 1 aromatic carbocycles. The van der Waals surface area contributed by atoms with E-state index in [2.05, 4.69) is 41.5 Å². The highest BCUT2D eigenvalue weighted by atomic mass is 16.4. The molecule has 19 heavy (non-hydrogen) atoms. The van der Waals surface area contributed by atoms with Crippen molar-refractivity contribution in [3.63, 3.8) is 0 Å². The van der Waals surface area contributed by atoms with Gasteiger partial charge in [0.25, 0.3) is 0 Å². The number of anilines is 1. The van der Waals surface area contributed by atoms with Crippen molar-refractivity contribution in [3.8, 4) is 11.5 Å². The van der Waals surface area contributed by atoms with Gasteiger partial charge in [0.05, 0.1) is 0 Å². The molecule has 4 heteroatoms. The number of nitrogens with zero attached hydrogens (tertiary/aromatic N) is 2. The number of nitrogens with one attached hydrogen (secondary N) is 1. The summed E-state index contributed by atoms with van der Waals surface area (Å²) in [5.41, 5.74) is 2.59. The standard InChI is InChI=1S/C15H19N3O/c1-15(2)8-7-13(9-15)17-12-5-3-11(4-6-12)14-18-16-10-19-14/h3-6,10,13,17H,7-9H2,1-2H3. The topological polar surface area (TPSA) is 51.0 Å².